The van der Waals surface area contributed by atoms with Gasteiger partial charge in [0.15, 0.2) is 49.8 Å². The van der Waals surface area contributed by atoms with Crippen molar-refractivity contribution in [2.75, 3.05) is 13.2 Å². The first kappa shape index (κ1) is 125. The molecule has 0 aliphatic carbocycles. The van der Waals surface area contributed by atoms with Crippen LogP contribution in [0.3, 0.4) is 0 Å². The summed E-state index contributed by atoms with van der Waals surface area (Å²) in [5.41, 5.74) is 18.2. The number of aliphatic hydroxyl groups is 25. The second-order valence-electron chi connectivity index (χ2n) is 43.5. The van der Waals surface area contributed by atoms with Gasteiger partial charge in [-0.25, -0.2) is 0 Å². The largest absolute Gasteiger partial charge is 0.461 e. The van der Waals surface area contributed by atoms with E-state index in [1.54, 1.807) is 53.7 Å². The lowest BCUT2D eigenvalue weighted by molar-refractivity contribution is -0.408. The number of carbonyl (C=O) groups excluding carboxylic acids is 1. The van der Waals surface area contributed by atoms with Crippen LogP contribution in [-0.2, 0) is 80.6 Å². The summed E-state index contributed by atoms with van der Waals surface area (Å²) in [4.78, 5) is 14.5. The normalized spacial score (nSPS) is 47.5. The van der Waals surface area contributed by atoms with Gasteiger partial charge in [0.05, 0.1) is 153 Å². The molecule has 145 heavy (non-hydrogen) atoms. The fourth-order valence-electron chi connectivity index (χ4n) is 21.0. The maximum atomic E-state index is 14.5. The average Bonchev–Trinajstić information content (AvgIpc) is 0.761. The van der Waals surface area contributed by atoms with E-state index >= 15 is 0 Å². The molecule has 0 amide bonds. The van der Waals surface area contributed by atoms with Crippen molar-refractivity contribution in [2.45, 2.75) is 525 Å². The van der Waals surface area contributed by atoms with E-state index in [0.29, 0.717) is 32.1 Å². The SMILES string of the molecule is CCC1C(=O)OC(CC(O)CCCCC(C)C(O)C(C)CCC(O)C(C)C(C)OC2CC(C)(N)C(O)C(C)O2)C(C)C=CC=CC(O)C(C)C(O)CC(O)CC(OC2OC(CO)C(O)C(O)C2O)C(C)C2CC(O)C(O)C(O)(CC(OC3OC(C)C(OC4OC(C)C(O)C(OC5CC(N)C(O)C(C)O5)C4O)C(OC4CC(N)C(O)C(C)O4)C3OC3OC(CO)C(O)C(O)C3O)C(C)CCC(O)CC(O)CC=CC1O)O2. The summed E-state index contributed by atoms with van der Waals surface area (Å²) in [5.74, 6) is -9.72. The van der Waals surface area contributed by atoms with Crippen LogP contribution in [0, 0.1) is 47.3 Å². The predicted molar refractivity (Wildman–Crippen MR) is 512 cm³/mol. The summed E-state index contributed by atoms with van der Waals surface area (Å²) < 4.78 is 102. The maximum Gasteiger partial charge on any atom is 0.312 e. The Morgan fingerprint density at radius 1 is 0.462 bits per heavy atom. The maximum absolute atomic E-state index is 14.5. The molecule has 45 nitrogen and oxygen atoms in total. The van der Waals surface area contributed by atoms with Crippen molar-refractivity contribution in [3.05, 3.63) is 36.5 Å². The molecule has 9 heterocycles. The van der Waals surface area contributed by atoms with Crippen molar-refractivity contribution in [3.8, 4) is 0 Å². The zero-order valence-corrected chi connectivity index (χ0v) is 86.4. The van der Waals surface area contributed by atoms with Crippen molar-refractivity contribution in [3.63, 3.8) is 0 Å². The summed E-state index contributed by atoms with van der Waals surface area (Å²) in [6, 6.07) is -1.91. The van der Waals surface area contributed by atoms with Gasteiger partial charge in [0.2, 0.25) is 0 Å². The number of cyclic esters (lactones) is 1. The lowest BCUT2D eigenvalue weighted by atomic mass is 9.82. The van der Waals surface area contributed by atoms with Crippen molar-refractivity contribution in [1.29, 1.82) is 0 Å². The minimum absolute atomic E-state index is 0.0470. The highest BCUT2D eigenvalue weighted by atomic mass is 16.8. The Labute approximate surface area is 850 Å². The van der Waals surface area contributed by atoms with E-state index in [0.717, 1.165) is 0 Å². The van der Waals surface area contributed by atoms with Crippen LogP contribution in [0.2, 0.25) is 0 Å². The molecular weight excluding hydrogens is 1920 g/mol. The molecule has 9 aliphatic rings. The van der Waals surface area contributed by atoms with E-state index < -0.39 is 374 Å². The fourth-order valence-corrected chi connectivity index (χ4v) is 21.0. The molecule has 8 fully saturated rings. The van der Waals surface area contributed by atoms with Gasteiger partial charge in [0, 0.05) is 86.2 Å². The van der Waals surface area contributed by atoms with Crippen molar-refractivity contribution >= 4 is 5.97 Å². The zero-order chi connectivity index (χ0) is 108. The summed E-state index contributed by atoms with van der Waals surface area (Å²) in [7, 11) is 0. The minimum atomic E-state index is -3.01. The Balaban J connectivity index is 1.01. The molecule has 9 rings (SSSR count). The smallest absolute Gasteiger partial charge is 0.312 e. The van der Waals surface area contributed by atoms with Gasteiger partial charge in [-0.1, -0.05) is 105 Å². The highest BCUT2D eigenvalue weighted by Gasteiger charge is 2.60. The third-order valence-corrected chi connectivity index (χ3v) is 31.6. The number of hydrogen-bond acceptors (Lipinski definition) is 45. The molecule has 9 aliphatic heterocycles. The minimum Gasteiger partial charge on any atom is -0.461 e. The van der Waals surface area contributed by atoms with E-state index in [2.05, 4.69) is 0 Å². The number of nitrogens with two attached hydrogens (primary N) is 3. The van der Waals surface area contributed by atoms with E-state index in [1.807, 2.05) is 27.7 Å². The Morgan fingerprint density at radius 2 is 1.00 bits per heavy atom. The van der Waals surface area contributed by atoms with Crippen LogP contribution in [0.1, 0.15) is 226 Å². The number of unbranched alkanes of at least 4 members (excludes halogenated alkanes) is 1. The number of carbonyl (C=O) groups is 1. The number of fused-ring (bicyclic) bond motifs is 2. The molecule has 0 aromatic heterocycles. The second-order valence-corrected chi connectivity index (χ2v) is 43.5. The quantitative estimate of drug-likeness (QED) is 0.0181. The number of allylic oxidation sites excluding steroid dienone is 2. The second kappa shape index (κ2) is 57.1. The Bertz CT molecular complexity index is 3800. The number of hydrogen-bond donors (Lipinski definition) is 28. The van der Waals surface area contributed by atoms with Crippen molar-refractivity contribution in [2.24, 2.45) is 64.5 Å². The Hall–Kier alpha value is -3.03. The van der Waals surface area contributed by atoms with Gasteiger partial charge in [-0.15, -0.1) is 0 Å². The Kier molecular flexibility index (Phi) is 49.4. The first-order valence-corrected chi connectivity index (χ1v) is 52.3. The predicted octanol–water partition coefficient (Wildman–Crippen LogP) is -3.65. The van der Waals surface area contributed by atoms with E-state index in [1.165, 1.54) is 58.9 Å². The molecule has 8 saturated heterocycles. The number of ether oxygens (including phenoxy) is 16. The molecular formula is C100H179N3O42. The standard InChI is InChI=1S/C100H179N3O42/c1-16-60-65(112)27-21-25-56(106)32-58(108)30-28-44(3)71(138-98-91(144-96-86(124)84(122)82(120)73(42-105)140-96)90(142-75-37-62(102)79(117)52(11)132-75)88(54(13)135-98)143-97-87(125)89(80(118)53(12)134-97)141-74-36-61(101)78(116)51(10)131-74)39-100(129)93(127)67(114)38-70(145-100)49(8)69(137-95-85(123)83(121)81(119)72(41-104)139-95)35-59(109)33-66(113)48(7)63(110)26-20-18-22-43(2)68(136-94(60)128)34-57(107)24-19-17-23-45(4)77(115)46(5)29-31-64(111)47(6)50(9)130-76-40-99(15,103)92(126)55(14)133-76/h18,20-22,26-27,43-93,95-98,104-127,129H,16-17,19,23-25,28-42,101-103H2,1-15H3. The van der Waals surface area contributed by atoms with E-state index in [4.69, 9.17) is 93.0 Å². The molecule has 2 bridgehead atoms. The topological polar surface area (TPSA) is 749 Å². The average molecular weight is 2100 g/mol. The number of esters is 1. The third-order valence-electron chi connectivity index (χ3n) is 31.6. The lowest BCUT2D eigenvalue weighted by Crippen LogP contribution is -2.68. The van der Waals surface area contributed by atoms with Gasteiger partial charge in [-0.05, 0) is 130 Å². The number of aliphatic hydroxyl groups excluding tert-OH is 24. The highest BCUT2D eigenvalue weighted by Crippen LogP contribution is 2.45. The third kappa shape index (κ3) is 33.8. The zero-order valence-electron chi connectivity index (χ0n) is 86.4. The molecule has 0 aromatic carbocycles. The van der Waals surface area contributed by atoms with Gasteiger partial charge >= 0.3 is 5.97 Å². The number of rotatable bonds is 31. The van der Waals surface area contributed by atoms with E-state index in [-0.39, 0.29) is 82.0 Å². The van der Waals surface area contributed by atoms with Crippen molar-refractivity contribution in [1.82, 2.24) is 0 Å². The summed E-state index contributed by atoms with van der Waals surface area (Å²) >= 11 is 0. The van der Waals surface area contributed by atoms with Crippen LogP contribution >= 0.6 is 0 Å². The van der Waals surface area contributed by atoms with Crippen LogP contribution in [-0.4, -0.2) is 446 Å². The molecule has 57 atom stereocenters. The van der Waals surface area contributed by atoms with Crippen LogP contribution in [0.25, 0.3) is 0 Å². The van der Waals surface area contributed by atoms with Crippen LogP contribution < -0.4 is 17.2 Å². The van der Waals surface area contributed by atoms with Gasteiger partial charge in [-0.3, -0.25) is 4.79 Å². The van der Waals surface area contributed by atoms with Crippen molar-refractivity contribution < 1.29 is 208 Å². The first-order chi connectivity index (χ1) is 68.0. The van der Waals surface area contributed by atoms with E-state index in [9.17, 15) is 132 Å². The molecule has 45 heteroatoms. The van der Waals surface area contributed by atoms with Gasteiger partial charge in [-0.2, -0.15) is 0 Å². The Morgan fingerprint density at radius 3 is 1.59 bits per heavy atom. The van der Waals surface area contributed by atoms with Gasteiger partial charge in [0.25, 0.3) is 0 Å². The molecule has 0 spiro atoms. The highest BCUT2D eigenvalue weighted by molar-refractivity contribution is 5.73. The summed E-state index contributed by atoms with van der Waals surface area (Å²) in [6.07, 6.45) is -59.1. The van der Waals surface area contributed by atoms with Gasteiger partial charge < -0.3 is 221 Å². The van der Waals surface area contributed by atoms with Crippen LogP contribution in [0.5, 0.6) is 0 Å². The molecule has 0 radical (unpaired) electrons. The molecule has 0 aromatic rings. The van der Waals surface area contributed by atoms with Crippen LogP contribution in [0.15, 0.2) is 36.5 Å². The molecule has 0 saturated carbocycles. The summed E-state index contributed by atoms with van der Waals surface area (Å²) in [6.45, 7) is 23.0. The molecule has 846 valence electrons. The summed E-state index contributed by atoms with van der Waals surface area (Å²) in [5, 5.41) is 289. The monoisotopic (exact) mass is 2090 g/mol. The first-order valence-electron chi connectivity index (χ1n) is 52.3. The fraction of sp³-hybridized carbons (Fsp3) is 0.930. The lowest BCUT2D eigenvalue weighted by Gasteiger charge is -2.52. The molecule has 57 unspecified atom stereocenters. The molecule has 31 N–H and O–H groups in total. The van der Waals surface area contributed by atoms with Crippen LogP contribution in [0.4, 0.5) is 0 Å². The van der Waals surface area contributed by atoms with Gasteiger partial charge in [0.1, 0.15) is 97.7 Å².